The summed E-state index contributed by atoms with van der Waals surface area (Å²) in [5.41, 5.74) is 3.96. The molecule has 0 aromatic heterocycles. The monoisotopic (exact) mass is 446 g/mol. The van der Waals surface area contributed by atoms with Gasteiger partial charge in [-0.25, -0.2) is 8.42 Å². The first-order chi connectivity index (χ1) is 14.4. The van der Waals surface area contributed by atoms with Crippen molar-refractivity contribution >= 4 is 27.5 Å². The summed E-state index contributed by atoms with van der Waals surface area (Å²) in [6, 6.07) is 10.5. The van der Waals surface area contributed by atoms with Gasteiger partial charge in [-0.2, -0.15) is 4.31 Å². The van der Waals surface area contributed by atoms with Crippen LogP contribution >= 0.6 is 11.6 Å². The smallest absolute Gasteiger partial charge is 0.253 e. The minimum Gasteiger partial charge on any atom is -0.345 e. The predicted molar refractivity (Wildman–Crippen MR) is 118 cm³/mol. The van der Waals surface area contributed by atoms with E-state index in [0.717, 1.165) is 37.7 Å². The van der Waals surface area contributed by atoms with Crippen molar-refractivity contribution in [3.8, 4) is 0 Å². The quantitative estimate of drug-likeness (QED) is 0.735. The third-order valence-electron chi connectivity index (χ3n) is 6.11. The van der Waals surface area contributed by atoms with Gasteiger partial charge < -0.3 is 5.32 Å². The molecule has 1 saturated heterocycles. The Labute approximate surface area is 183 Å². The molecule has 0 spiro atoms. The van der Waals surface area contributed by atoms with E-state index in [1.807, 2.05) is 13.0 Å². The first-order valence-electron chi connectivity index (χ1n) is 10.6. The van der Waals surface area contributed by atoms with E-state index in [4.69, 9.17) is 11.6 Å². The van der Waals surface area contributed by atoms with Gasteiger partial charge in [0.15, 0.2) is 0 Å². The number of piperidine rings is 1. The molecule has 2 aromatic rings. The molecule has 1 aliphatic heterocycles. The molecule has 1 amide bonds. The number of amides is 1. The summed E-state index contributed by atoms with van der Waals surface area (Å²) in [7, 11) is -3.63. The van der Waals surface area contributed by atoms with Gasteiger partial charge in [0.25, 0.3) is 5.91 Å². The van der Waals surface area contributed by atoms with E-state index >= 15 is 0 Å². The third kappa shape index (κ3) is 4.27. The molecule has 2 aliphatic rings. The molecular weight excluding hydrogens is 420 g/mol. The van der Waals surface area contributed by atoms with Gasteiger partial charge in [0.2, 0.25) is 10.0 Å². The normalized spacial score (nSPS) is 18.1. The lowest BCUT2D eigenvalue weighted by molar-refractivity contribution is 0.0940. The standard InChI is InChI=1S/C23H27ClN2O3S/c1-16(18-9-8-17-6-5-7-19(17)14-18)25-23(27)21-15-20(10-11-22(21)24)30(28,29)26-12-3-2-4-13-26/h8-11,14-16H,2-7,12-13H2,1H3,(H,25,27)/t16-/m1/s1. The van der Waals surface area contributed by atoms with Gasteiger partial charge in [-0.1, -0.05) is 36.2 Å². The van der Waals surface area contributed by atoms with Crippen LogP contribution in [0.25, 0.3) is 0 Å². The average molecular weight is 447 g/mol. The Morgan fingerprint density at radius 1 is 1.00 bits per heavy atom. The summed E-state index contributed by atoms with van der Waals surface area (Å²) in [5, 5.41) is 3.21. The molecule has 1 atom stereocenters. The minimum atomic E-state index is -3.63. The summed E-state index contributed by atoms with van der Waals surface area (Å²) in [5.74, 6) is -0.372. The number of nitrogens with zero attached hydrogens (tertiary/aromatic N) is 1. The van der Waals surface area contributed by atoms with E-state index in [1.165, 1.54) is 40.1 Å². The van der Waals surface area contributed by atoms with Crippen molar-refractivity contribution in [2.45, 2.75) is 56.4 Å². The largest absolute Gasteiger partial charge is 0.345 e. The molecule has 4 rings (SSSR count). The zero-order chi connectivity index (χ0) is 21.3. The highest BCUT2D eigenvalue weighted by molar-refractivity contribution is 7.89. The van der Waals surface area contributed by atoms with Crippen molar-refractivity contribution in [2.24, 2.45) is 0 Å². The number of benzene rings is 2. The lowest BCUT2D eigenvalue weighted by Crippen LogP contribution is -2.35. The first-order valence-corrected chi connectivity index (χ1v) is 12.4. The SMILES string of the molecule is C[C@@H](NC(=O)c1cc(S(=O)(=O)N2CCCCC2)ccc1Cl)c1ccc2c(c1)CCC2. The van der Waals surface area contributed by atoms with Gasteiger partial charge >= 0.3 is 0 Å². The Hall–Kier alpha value is -1.89. The molecule has 5 nitrogen and oxygen atoms in total. The third-order valence-corrected chi connectivity index (χ3v) is 8.33. The van der Waals surface area contributed by atoms with Crippen LogP contribution in [0.1, 0.15) is 65.7 Å². The summed E-state index contributed by atoms with van der Waals surface area (Å²) >= 11 is 6.26. The molecule has 1 aliphatic carbocycles. The van der Waals surface area contributed by atoms with Gasteiger partial charge in [0.05, 0.1) is 21.5 Å². The fourth-order valence-electron chi connectivity index (χ4n) is 4.31. The number of hydrogen-bond acceptors (Lipinski definition) is 3. The zero-order valence-electron chi connectivity index (χ0n) is 17.2. The van der Waals surface area contributed by atoms with Gasteiger partial charge in [-0.05, 0) is 73.9 Å². The average Bonchev–Trinajstić information content (AvgIpc) is 3.22. The van der Waals surface area contributed by atoms with E-state index in [1.54, 1.807) is 0 Å². The number of nitrogens with one attached hydrogen (secondary N) is 1. The molecule has 2 aromatic carbocycles. The molecule has 1 fully saturated rings. The number of rotatable bonds is 5. The maximum absolute atomic E-state index is 13.0. The van der Waals surface area contributed by atoms with Crippen molar-refractivity contribution in [1.29, 1.82) is 0 Å². The number of sulfonamides is 1. The number of halogens is 1. The highest BCUT2D eigenvalue weighted by atomic mass is 35.5. The van der Waals surface area contributed by atoms with Crippen molar-refractivity contribution < 1.29 is 13.2 Å². The maximum atomic E-state index is 13.0. The summed E-state index contributed by atoms with van der Waals surface area (Å²) in [4.78, 5) is 13.0. The predicted octanol–water partition coefficient (Wildman–Crippen LogP) is 4.49. The van der Waals surface area contributed by atoms with Crippen LogP contribution in [0.2, 0.25) is 5.02 Å². The van der Waals surface area contributed by atoms with Crippen molar-refractivity contribution in [1.82, 2.24) is 9.62 Å². The van der Waals surface area contributed by atoms with Crippen molar-refractivity contribution in [3.05, 3.63) is 63.7 Å². The second-order valence-corrected chi connectivity index (χ2v) is 10.5. The van der Waals surface area contributed by atoms with Crippen LogP contribution in [0.4, 0.5) is 0 Å². The second-order valence-electron chi connectivity index (χ2n) is 8.18. The Kier molecular flexibility index (Phi) is 6.19. The fraction of sp³-hybridized carbons (Fsp3) is 0.435. The van der Waals surface area contributed by atoms with Crippen molar-refractivity contribution in [2.75, 3.05) is 13.1 Å². The molecule has 1 heterocycles. The molecule has 0 bridgehead atoms. The van der Waals surface area contributed by atoms with Crippen LogP contribution in [-0.4, -0.2) is 31.7 Å². The van der Waals surface area contributed by atoms with Crippen LogP contribution < -0.4 is 5.32 Å². The maximum Gasteiger partial charge on any atom is 0.253 e. The number of fused-ring (bicyclic) bond motifs is 1. The zero-order valence-corrected chi connectivity index (χ0v) is 18.7. The van der Waals surface area contributed by atoms with Gasteiger partial charge in [0, 0.05) is 13.1 Å². The van der Waals surface area contributed by atoms with Crippen molar-refractivity contribution in [3.63, 3.8) is 0 Å². The van der Waals surface area contributed by atoms with Crippen LogP contribution in [0.5, 0.6) is 0 Å². The number of hydrogen-bond donors (Lipinski definition) is 1. The molecule has 7 heteroatoms. The van der Waals surface area contributed by atoms with Gasteiger partial charge in [0.1, 0.15) is 0 Å². The Bertz CT molecular complexity index is 1060. The summed E-state index contributed by atoms with van der Waals surface area (Å²) in [6.07, 6.45) is 6.13. The van der Waals surface area contributed by atoms with E-state index in [2.05, 4.69) is 17.4 Å². The summed E-state index contributed by atoms with van der Waals surface area (Å²) < 4.78 is 27.4. The van der Waals surface area contributed by atoms with E-state index in [9.17, 15) is 13.2 Å². The van der Waals surface area contributed by atoms with Gasteiger partial charge in [-0.15, -0.1) is 0 Å². The topological polar surface area (TPSA) is 66.5 Å². The molecule has 1 N–H and O–H groups in total. The molecule has 30 heavy (non-hydrogen) atoms. The Morgan fingerprint density at radius 3 is 2.50 bits per heavy atom. The van der Waals surface area contributed by atoms with E-state index in [-0.39, 0.29) is 27.4 Å². The highest BCUT2D eigenvalue weighted by Gasteiger charge is 2.27. The Morgan fingerprint density at radius 2 is 1.73 bits per heavy atom. The second kappa shape index (κ2) is 8.69. The number of aryl methyl sites for hydroxylation is 2. The molecule has 0 unspecified atom stereocenters. The Balaban J connectivity index is 1.54. The van der Waals surface area contributed by atoms with Gasteiger partial charge in [-0.3, -0.25) is 4.79 Å². The fourth-order valence-corrected chi connectivity index (χ4v) is 6.06. The lowest BCUT2D eigenvalue weighted by Gasteiger charge is -2.26. The van der Waals surface area contributed by atoms with Crippen LogP contribution in [0.3, 0.4) is 0 Å². The molecular formula is C23H27ClN2O3S. The highest BCUT2D eigenvalue weighted by Crippen LogP contribution is 2.27. The van der Waals surface area contributed by atoms with E-state index in [0.29, 0.717) is 13.1 Å². The van der Waals surface area contributed by atoms with E-state index < -0.39 is 10.0 Å². The molecule has 0 saturated carbocycles. The molecule has 0 radical (unpaired) electrons. The molecule has 160 valence electrons. The minimum absolute atomic E-state index is 0.115. The first kappa shape index (κ1) is 21.3. The number of carbonyl (C=O) groups excluding carboxylic acids is 1. The number of carbonyl (C=O) groups is 1. The van der Waals surface area contributed by atoms with Crippen LogP contribution in [-0.2, 0) is 22.9 Å². The van der Waals surface area contributed by atoms with Crippen LogP contribution in [0, 0.1) is 0 Å². The summed E-state index contributed by atoms with van der Waals surface area (Å²) in [6.45, 7) is 2.96. The lowest BCUT2D eigenvalue weighted by atomic mass is 10.0. The van der Waals surface area contributed by atoms with Crippen LogP contribution in [0.15, 0.2) is 41.3 Å².